The Hall–Kier alpha value is -2.04. The lowest BCUT2D eigenvalue weighted by atomic mass is 10.0. The minimum Gasteiger partial charge on any atom is -0.472 e. The van der Waals surface area contributed by atoms with Crippen molar-refractivity contribution >= 4 is 5.91 Å². The number of aromatic amines is 1. The Labute approximate surface area is 118 Å². The molecule has 106 valence electrons. The first-order valence-corrected chi connectivity index (χ1v) is 6.91. The van der Waals surface area contributed by atoms with Crippen LogP contribution in [-0.2, 0) is 0 Å². The van der Waals surface area contributed by atoms with Gasteiger partial charge in [0.1, 0.15) is 5.69 Å². The van der Waals surface area contributed by atoms with E-state index >= 15 is 0 Å². The minimum atomic E-state index is -0.0998. The van der Waals surface area contributed by atoms with Crippen LogP contribution in [0.3, 0.4) is 0 Å². The molecule has 1 amide bonds. The number of hydrogen-bond donors (Lipinski definition) is 1. The molecule has 2 aromatic rings. The number of H-pyrrole nitrogens is 1. The molecular weight excluding hydrogens is 254 g/mol. The molecule has 1 N–H and O–H groups in total. The first-order chi connectivity index (χ1) is 9.49. The average Bonchev–Trinajstić information content (AvgIpc) is 3.09. The second kappa shape index (κ2) is 4.51. The van der Waals surface area contributed by atoms with Crippen LogP contribution in [-0.4, -0.2) is 32.6 Å². The standard InChI is InChI=1S/C15H19N3O2/c1-10-4-6-15(2,3)18(10)14(19)13-8-12(16-17-13)11-5-7-20-9-11/h5,7-10H,4,6H2,1-3H3,(H,16,17). The number of likely N-dealkylation sites (tertiary alicyclic amines) is 1. The highest BCUT2D eigenvalue weighted by Crippen LogP contribution is 2.34. The van der Waals surface area contributed by atoms with E-state index < -0.39 is 0 Å². The molecule has 0 spiro atoms. The highest BCUT2D eigenvalue weighted by molar-refractivity contribution is 5.94. The van der Waals surface area contributed by atoms with Gasteiger partial charge >= 0.3 is 0 Å². The van der Waals surface area contributed by atoms with Crippen molar-refractivity contribution in [2.75, 3.05) is 0 Å². The van der Waals surface area contributed by atoms with E-state index in [4.69, 9.17) is 4.42 Å². The molecule has 0 aromatic carbocycles. The predicted octanol–water partition coefficient (Wildman–Crippen LogP) is 3.07. The molecule has 2 aromatic heterocycles. The molecule has 3 rings (SSSR count). The van der Waals surface area contributed by atoms with E-state index in [1.54, 1.807) is 18.6 Å². The van der Waals surface area contributed by atoms with Gasteiger partial charge in [0.25, 0.3) is 5.91 Å². The summed E-state index contributed by atoms with van der Waals surface area (Å²) in [6.45, 7) is 6.32. The maximum atomic E-state index is 12.7. The van der Waals surface area contributed by atoms with Crippen molar-refractivity contribution in [3.63, 3.8) is 0 Å². The molecule has 0 radical (unpaired) electrons. The monoisotopic (exact) mass is 273 g/mol. The van der Waals surface area contributed by atoms with Crippen LogP contribution in [0.15, 0.2) is 29.1 Å². The Bertz CT molecular complexity index is 613. The van der Waals surface area contributed by atoms with Crippen LogP contribution in [0, 0.1) is 0 Å². The molecule has 3 heterocycles. The van der Waals surface area contributed by atoms with Crippen LogP contribution in [0.4, 0.5) is 0 Å². The zero-order valence-corrected chi connectivity index (χ0v) is 12.0. The summed E-state index contributed by atoms with van der Waals surface area (Å²) in [6.07, 6.45) is 5.29. The number of nitrogens with zero attached hydrogens (tertiary/aromatic N) is 2. The SMILES string of the molecule is CC1CCC(C)(C)N1C(=O)c1cc(-c2ccoc2)n[nH]1. The Morgan fingerprint density at radius 1 is 1.55 bits per heavy atom. The molecule has 1 atom stereocenters. The fraction of sp³-hybridized carbons (Fsp3) is 0.467. The molecule has 5 nitrogen and oxygen atoms in total. The third kappa shape index (κ3) is 2.03. The van der Waals surface area contributed by atoms with Gasteiger partial charge < -0.3 is 9.32 Å². The van der Waals surface area contributed by atoms with Gasteiger partial charge in [-0.3, -0.25) is 9.89 Å². The van der Waals surface area contributed by atoms with Gasteiger partial charge in [0.15, 0.2) is 0 Å². The van der Waals surface area contributed by atoms with E-state index in [2.05, 4.69) is 31.0 Å². The first kappa shape index (κ1) is 13.0. The van der Waals surface area contributed by atoms with E-state index in [-0.39, 0.29) is 17.5 Å². The van der Waals surface area contributed by atoms with Crippen molar-refractivity contribution in [1.29, 1.82) is 0 Å². The van der Waals surface area contributed by atoms with Crippen LogP contribution in [0.1, 0.15) is 44.1 Å². The maximum absolute atomic E-state index is 12.7. The van der Waals surface area contributed by atoms with Crippen LogP contribution in [0.2, 0.25) is 0 Å². The van der Waals surface area contributed by atoms with Crippen LogP contribution >= 0.6 is 0 Å². The van der Waals surface area contributed by atoms with Gasteiger partial charge in [-0.05, 0) is 45.7 Å². The normalized spacial score (nSPS) is 21.4. The van der Waals surface area contributed by atoms with E-state index in [0.29, 0.717) is 5.69 Å². The fourth-order valence-electron chi connectivity index (χ4n) is 3.00. The molecule has 5 heteroatoms. The third-order valence-electron chi connectivity index (χ3n) is 4.11. The second-order valence-corrected chi connectivity index (χ2v) is 6.05. The molecule has 1 aliphatic heterocycles. The lowest BCUT2D eigenvalue weighted by molar-refractivity contribution is 0.0572. The molecule has 0 saturated carbocycles. The third-order valence-corrected chi connectivity index (χ3v) is 4.11. The Morgan fingerprint density at radius 3 is 2.95 bits per heavy atom. The number of aromatic nitrogens is 2. The van der Waals surface area contributed by atoms with Gasteiger partial charge in [0, 0.05) is 17.1 Å². The number of nitrogens with one attached hydrogen (secondary N) is 1. The van der Waals surface area contributed by atoms with Crippen LogP contribution < -0.4 is 0 Å². The van der Waals surface area contributed by atoms with Gasteiger partial charge in [0.05, 0.1) is 18.2 Å². The molecule has 1 fully saturated rings. The van der Waals surface area contributed by atoms with Crippen molar-refractivity contribution in [1.82, 2.24) is 15.1 Å². The van der Waals surface area contributed by atoms with E-state index in [1.807, 2.05) is 11.0 Å². The highest BCUT2D eigenvalue weighted by atomic mass is 16.3. The Balaban J connectivity index is 1.88. The lowest BCUT2D eigenvalue weighted by Crippen LogP contribution is -2.46. The lowest BCUT2D eigenvalue weighted by Gasteiger charge is -2.34. The summed E-state index contributed by atoms with van der Waals surface area (Å²) in [5.74, 6) is 0.0160. The summed E-state index contributed by atoms with van der Waals surface area (Å²) in [5.41, 5.74) is 2.03. The molecular formula is C15H19N3O2. The predicted molar refractivity (Wildman–Crippen MR) is 75.2 cm³/mol. The Kier molecular flexibility index (Phi) is 2.92. The topological polar surface area (TPSA) is 62.1 Å². The summed E-state index contributed by atoms with van der Waals surface area (Å²) < 4.78 is 5.04. The van der Waals surface area contributed by atoms with Crippen molar-refractivity contribution in [3.05, 3.63) is 30.4 Å². The van der Waals surface area contributed by atoms with Gasteiger partial charge in [-0.15, -0.1) is 0 Å². The Morgan fingerprint density at radius 2 is 2.35 bits per heavy atom. The molecule has 0 bridgehead atoms. The molecule has 1 unspecified atom stereocenters. The number of amides is 1. The zero-order chi connectivity index (χ0) is 14.3. The fourth-order valence-corrected chi connectivity index (χ4v) is 3.00. The average molecular weight is 273 g/mol. The zero-order valence-electron chi connectivity index (χ0n) is 12.0. The number of rotatable bonds is 2. The molecule has 0 aliphatic carbocycles. The van der Waals surface area contributed by atoms with Crippen molar-refractivity contribution in [2.45, 2.75) is 45.2 Å². The number of furan rings is 1. The van der Waals surface area contributed by atoms with Gasteiger partial charge in [-0.2, -0.15) is 5.10 Å². The summed E-state index contributed by atoms with van der Waals surface area (Å²) in [6, 6.07) is 3.87. The molecule has 20 heavy (non-hydrogen) atoms. The van der Waals surface area contributed by atoms with Gasteiger partial charge in [-0.25, -0.2) is 0 Å². The van der Waals surface area contributed by atoms with Gasteiger partial charge in [0.2, 0.25) is 0 Å². The van der Waals surface area contributed by atoms with E-state index in [1.165, 1.54) is 0 Å². The minimum absolute atomic E-state index is 0.0160. The smallest absolute Gasteiger partial charge is 0.272 e. The molecule has 1 saturated heterocycles. The largest absolute Gasteiger partial charge is 0.472 e. The van der Waals surface area contributed by atoms with E-state index in [9.17, 15) is 4.79 Å². The maximum Gasteiger partial charge on any atom is 0.272 e. The van der Waals surface area contributed by atoms with Crippen LogP contribution in [0.25, 0.3) is 11.3 Å². The number of carbonyl (C=O) groups is 1. The quantitative estimate of drug-likeness (QED) is 0.914. The first-order valence-electron chi connectivity index (χ1n) is 6.91. The van der Waals surface area contributed by atoms with Crippen LogP contribution in [0.5, 0.6) is 0 Å². The van der Waals surface area contributed by atoms with E-state index in [0.717, 1.165) is 24.1 Å². The molecule has 1 aliphatic rings. The number of hydrogen-bond acceptors (Lipinski definition) is 3. The summed E-state index contributed by atoms with van der Waals surface area (Å²) in [5, 5.41) is 7.04. The second-order valence-electron chi connectivity index (χ2n) is 6.05. The highest BCUT2D eigenvalue weighted by Gasteiger charge is 2.41. The van der Waals surface area contributed by atoms with Crippen molar-refractivity contribution in [3.8, 4) is 11.3 Å². The van der Waals surface area contributed by atoms with Crippen molar-refractivity contribution in [2.24, 2.45) is 0 Å². The van der Waals surface area contributed by atoms with Gasteiger partial charge in [-0.1, -0.05) is 0 Å². The van der Waals surface area contributed by atoms with Crippen molar-refractivity contribution < 1.29 is 9.21 Å². The summed E-state index contributed by atoms with van der Waals surface area (Å²) in [4.78, 5) is 14.6. The number of carbonyl (C=O) groups excluding carboxylic acids is 1. The summed E-state index contributed by atoms with van der Waals surface area (Å²) >= 11 is 0. The summed E-state index contributed by atoms with van der Waals surface area (Å²) in [7, 11) is 0.